The lowest BCUT2D eigenvalue weighted by Gasteiger charge is -2.38. The van der Waals surface area contributed by atoms with Crippen molar-refractivity contribution >= 4 is 17.6 Å². The summed E-state index contributed by atoms with van der Waals surface area (Å²) in [5.74, 6) is 0.963. The van der Waals surface area contributed by atoms with Gasteiger partial charge in [0.2, 0.25) is 5.91 Å². The number of rotatable bonds is 7. The number of likely N-dealkylation sites (tertiary alicyclic amines) is 1. The average molecular weight is 429 g/mol. The third kappa shape index (κ3) is 6.35. The van der Waals surface area contributed by atoms with E-state index in [9.17, 15) is 4.79 Å². The summed E-state index contributed by atoms with van der Waals surface area (Å²) >= 11 is 0. The fraction of sp³-hybridized carbons (Fsp3) is 0.667. The fourth-order valence-corrected chi connectivity index (χ4v) is 4.67. The number of amides is 1. The molecule has 0 aliphatic carbocycles. The summed E-state index contributed by atoms with van der Waals surface area (Å²) in [5, 5.41) is 3.55. The van der Waals surface area contributed by atoms with E-state index in [0.717, 1.165) is 84.0 Å². The number of primary amides is 1. The van der Waals surface area contributed by atoms with Crippen LogP contribution in [0.5, 0.6) is 0 Å². The van der Waals surface area contributed by atoms with E-state index >= 15 is 0 Å². The van der Waals surface area contributed by atoms with E-state index in [1.807, 2.05) is 7.05 Å². The van der Waals surface area contributed by atoms with Gasteiger partial charge in [-0.05, 0) is 76.4 Å². The Morgan fingerprint density at radius 2 is 1.81 bits per heavy atom. The Labute approximate surface area is 187 Å². The van der Waals surface area contributed by atoms with Crippen molar-refractivity contribution in [1.82, 2.24) is 15.1 Å². The maximum Gasteiger partial charge on any atom is 0.220 e. The first-order valence-electron chi connectivity index (χ1n) is 11.8. The molecule has 2 fully saturated rings. The predicted molar refractivity (Wildman–Crippen MR) is 129 cm³/mol. The average Bonchev–Trinajstić information content (AvgIpc) is 2.79. The van der Waals surface area contributed by atoms with Gasteiger partial charge < -0.3 is 25.8 Å². The minimum absolute atomic E-state index is 0.0801. The number of aryl methyl sites for hydroxylation is 1. The number of guanidine groups is 1. The molecule has 1 aromatic carbocycles. The Morgan fingerprint density at radius 3 is 2.45 bits per heavy atom. The molecule has 2 saturated heterocycles. The van der Waals surface area contributed by atoms with Gasteiger partial charge >= 0.3 is 0 Å². The highest BCUT2D eigenvalue weighted by Crippen LogP contribution is 2.24. The summed E-state index contributed by atoms with van der Waals surface area (Å²) in [6.07, 6.45) is 4.10. The van der Waals surface area contributed by atoms with Gasteiger partial charge in [-0.1, -0.05) is 12.1 Å². The summed E-state index contributed by atoms with van der Waals surface area (Å²) in [6.45, 7) is 12.5. The van der Waals surface area contributed by atoms with E-state index in [0.29, 0.717) is 0 Å². The SMILES string of the molecule is CN=C(NCCCCN1CCC(C(N)=O)CC1)N1CCN(c2cccc(C)c2C)CC1. The van der Waals surface area contributed by atoms with E-state index in [4.69, 9.17) is 5.73 Å². The maximum atomic E-state index is 11.3. The van der Waals surface area contributed by atoms with Gasteiger partial charge in [0.05, 0.1) is 0 Å². The Kier molecular flexibility index (Phi) is 8.58. The van der Waals surface area contributed by atoms with Gasteiger partial charge in [0.25, 0.3) is 0 Å². The first-order chi connectivity index (χ1) is 15.0. The van der Waals surface area contributed by atoms with Gasteiger partial charge in [0, 0.05) is 51.4 Å². The second-order valence-electron chi connectivity index (χ2n) is 8.89. The summed E-state index contributed by atoms with van der Waals surface area (Å²) in [6, 6.07) is 6.58. The van der Waals surface area contributed by atoms with Gasteiger partial charge in [-0.2, -0.15) is 0 Å². The number of carbonyl (C=O) groups excluding carboxylic acids is 1. The number of hydrogen-bond acceptors (Lipinski definition) is 4. The molecular weight excluding hydrogens is 388 g/mol. The number of unbranched alkanes of at least 4 members (excludes halogenated alkanes) is 1. The molecule has 0 spiro atoms. The molecule has 0 unspecified atom stereocenters. The van der Waals surface area contributed by atoms with E-state index in [1.165, 1.54) is 16.8 Å². The molecule has 1 aromatic rings. The van der Waals surface area contributed by atoms with E-state index in [2.05, 4.69) is 57.1 Å². The molecule has 7 nitrogen and oxygen atoms in total. The minimum Gasteiger partial charge on any atom is -0.369 e. The van der Waals surface area contributed by atoms with Crippen LogP contribution in [-0.2, 0) is 4.79 Å². The zero-order chi connectivity index (χ0) is 22.2. The number of aliphatic imine (C=N–C) groups is 1. The predicted octanol–water partition coefficient (Wildman–Crippen LogP) is 1.98. The van der Waals surface area contributed by atoms with Crippen molar-refractivity contribution in [3.63, 3.8) is 0 Å². The second kappa shape index (κ2) is 11.4. The highest BCUT2D eigenvalue weighted by Gasteiger charge is 2.23. The van der Waals surface area contributed by atoms with Crippen molar-refractivity contribution in [1.29, 1.82) is 0 Å². The van der Waals surface area contributed by atoms with Gasteiger partial charge in [0.15, 0.2) is 5.96 Å². The first kappa shape index (κ1) is 23.4. The molecule has 0 bridgehead atoms. The molecule has 3 rings (SSSR count). The van der Waals surface area contributed by atoms with E-state index in [1.54, 1.807) is 0 Å². The van der Waals surface area contributed by atoms with Crippen molar-refractivity contribution < 1.29 is 4.79 Å². The molecule has 0 saturated carbocycles. The zero-order valence-electron chi connectivity index (χ0n) is 19.6. The second-order valence-corrected chi connectivity index (χ2v) is 8.89. The van der Waals surface area contributed by atoms with Crippen molar-refractivity contribution in [3.8, 4) is 0 Å². The highest BCUT2D eigenvalue weighted by molar-refractivity contribution is 5.80. The highest BCUT2D eigenvalue weighted by atomic mass is 16.1. The quantitative estimate of drug-likeness (QED) is 0.395. The number of piperazine rings is 1. The van der Waals surface area contributed by atoms with Gasteiger partial charge in [-0.15, -0.1) is 0 Å². The lowest BCUT2D eigenvalue weighted by molar-refractivity contribution is -0.123. The lowest BCUT2D eigenvalue weighted by atomic mass is 9.96. The first-order valence-corrected chi connectivity index (χ1v) is 11.8. The largest absolute Gasteiger partial charge is 0.369 e. The fourth-order valence-electron chi connectivity index (χ4n) is 4.67. The van der Waals surface area contributed by atoms with Crippen LogP contribution in [0.3, 0.4) is 0 Å². The van der Waals surface area contributed by atoms with Crippen LogP contribution in [-0.4, -0.2) is 81.1 Å². The molecule has 7 heteroatoms. The number of benzene rings is 1. The van der Waals surface area contributed by atoms with Crippen LogP contribution in [0.1, 0.15) is 36.8 Å². The van der Waals surface area contributed by atoms with Gasteiger partial charge in [0.1, 0.15) is 0 Å². The Bertz CT molecular complexity index is 748. The molecule has 2 aliphatic heterocycles. The monoisotopic (exact) mass is 428 g/mol. The Hall–Kier alpha value is -2.28. The van der Waals surface area contributed by atoms with Crippen molar-refractivity contribution in [3.05, 3.63) is 29.3 Å². The summed E-state index contributed by atoms with van der Waals surface area (Å²) < 4.78 is 0. The summed E-state index contributed by atoms with van der Waals surface area (Å²) in [5.41, 5.74) is 9.53. The van der Waals surface area contributed by atoms with Crippen LogP contribution in [0.25, 0.3) is 0 Å². The molecule has 31 heavy (non-hydrogen) atoms. The topological polar surface area (TPSA) is 77.2 Å². The molecule has 0 atom stereocenters. The smallest absolute Gasteiger partial charge is 0.220 e. The van der Waals surface area contributed by atoms with Crippen LogP contribution in [0, 0.1) is 19.8 Å². The summed E-state index contributed by atoms with van der Waals surface area (Å²) in [4.78, 5) is 23.1. The normalized spacial score (nSPS) is 19.0. The number of nitrogens with two attached hydrogens (primary N) is 1. The number of carbonyl (C=O) groups is 1. The molecule has 2 aliphatic rings. The third-order valence-corrected chi connectivity index (χ3v) is 6.88. The number of nitrogens with one attached hydrogen (secondary N) is 1. The molecule has 0 radical (unpaired) electrons. The van der Waals surface area contributed by atoms with E-state index in [-0.39, 0.29) is 11.8 Å². The van der Waals surface area contributed by atoms with Crippen LogP contribution in [0.15, 0.2) is 23.2 Å². The standard InChI is InChI=1S/C24H40N6O/c1-19-7-6-8-22(20(19)2)29-15-17-30(18-16-29)24(26-3)27-11-4-5-12-28-13-9-21(10-14-28)23(25)31/h6-8,21H,4-5,9-18H2,1-3H3,(H2,25,31)(H,26,27). The molecule has 172 valence electrons. The number of hydrogen-bond donors (Lipinski definition) is 2. The zero-order valence-corrected chi connectivity index (χ0v) is 19.6. The van der Waals surface area contributed by atoms with Crippen molar-refractivity contribution in [2.45, 2.75) is 39.5 Å². The number of nitrogens with zero attached hydrogens (tertiary/aromatic N) is 4. The molecule has 1 amide bonds. The van der Waals surface area contributed by atoms with Crippen molar-refractivity contribution in [2.24, 2.45) is 16.6 Å². The minimum atomic E-state index is -0.134. The van der Waals surface area contributed by atoms with Gasteiger partial charge in [-0.25, -0.2) is 0 Å². The Morgan fingerprint density at radius 1 is 1.10 bits per heavy atom. The van der Waals surface area contributed by atoms with Gasteiger partial charge in [-0.3, -0.25) is 9.79 Å². The van der Waals surface area contributed by atoms with Crippen LogP contribution < -0.4 is 16.0 Å². The van der Waals surface area contributed by atoms with E-state index < -0.39 is 0 Å². The number of piperidine rings is 1. The Balaban J connectivity index is 1.34. The van der Waals surface area contributed by atoms with Crippen LogP contribution >= 0.6 is 0 Å². The molecular formula is C24H40N6O. The lowest BCUT2D eigenvalue weighted by Crippen LogP contribution is -2.52. The summed E-state index contributed by atoms with van der Waals surface area (Å²) in [7, 11) is 1.88. The van der Waals surface area contributed by atoms with Crippen LogP contribution in [0.2, 0.25) is 0 Å². The van der Waals surface area contributed by atoms with Crippen LogP contribution in [0.4, 0.5) is 5.69 Å². The van der Waals surface area contributed by atoms with Crippen molar-refractivity contribution in [2.75, 3.05) is 64.3 Å². The number of anilines is 1. The third-order valence-electron chi connectivity index (χ3n) is 6.88. The molecule has 0 aromatic heterocycles. The molecule has 3 N–H and O–H groups in total. The maximum absolute atomic E-state index is 11.3. The molecule has 2 heterocycles.